The summed E-state index contributed by atoms with van der Waals surface area (Å²) >= 11 is 0. The van der Waals surface area contributed by atoms with E-state index in [0.717, 1.165) is 30.4 Å². The van der Waals surface area contributed by atoms with E-state index in [2.05, 4.69) is 61.4 Å². The second-order valence-corrected chi connectivity index (χ2v) is 9.06. The van der Waals surface area contributed by atoms with Gasteiger partial charge in [-0.2, -0.15) is 0 Å². The number of rotatable bonds is 8. The number of H-pyrrole nitrogens is 1. The number of benzene rings is 1. The quantitative estimate of drug-likeness (QED) is 0.450. The lowest BCUT2D eigenvalue weighted by atomic mass is 9.90. The summed E-state index contributed by atoms with van der Waals surface area (Å²) in [6.45, 7) is 5.67. The maximum atomic E-state index is 4.42. The summed E-state index contributed by atoms with van der Waals surface area (Å²) in [5.74, 6) is 2.19. The molecule has 5 rings (SSSR count). The molecular weight excluding hydrogens is 398 g/mol. The van der Waals surface area contributed by atoms with Gasteiger partial charge in [-0.05, 0) is 74.5 Å². The van der Waals surface area contributed by atoms with Gasteiger partial charge in [0.2, 0.25) is 0 Å². The van der Waals surface area contributed by atoms with Crippen LogP contribution in [0.3, 0.4) is 0 Å². The number of nitrogens with one attached hydrogen (secondary N) is 1. The number of piperidine rings is 1. The summed E-state index contributed by atoms with van der Waals surface area (Å²) in [6.07, 6.45) is 15.6. The molecule has 1 aromatic carbocycles. The monoisotopic (exact) mass is 429 g/mol. The summed E-state index contributed by atoms with van der Waals surface area (Å²) in [5.41, 5.74) is 3.71. The first-order valence-corrected chi connectivity index (χ1v) is 11.7. The Balaban J connectivity index is 1.10. The lowest BCUT2D eigenvalue weighted by molar-refractivity contribution is 0.170. The fourth-order valence-electron chi connectivity index (χ4n) is 4.94. The molecule has 1 aliphatic rings. The Bertz CT molecular complexity index is 1110. The molecule has 0 amide bonds. The summed E-state index contributed by atoms with van der Waals surface area (Å²) in [6, 6.07) is 8.37. The molecule has 32 heavy (non-hydrogen) atoms. The van der Waals surface area contributed by atoms with Crippen molar-refractivity contribution in [3.63, 3.8) is 0 Å². The van der Waals surface area contributed by atoms with Crippen molar-refractivity contribution < 1.29 is 0 Å². The molecule has 1 N–H and O–H groups in total. The molecule has 1 aliphatic heterocycles. The third kappa shape index (κ3) is 4.72. The number of likely N-dealkylation sites (tertiary alicyclic amines) is 1. The third-order valence-corrected chi connectivity index (χ3v) is 6.79. The van der Waals surface area contributed by atoms with Crippen molar-refractivity contribution in [3.8, 4) is 5.69 Å². The average molecular weight is 430 g/mol. The summed E-state index contributed by atoms with van der Waals surface area (Å²) in [4.78, 5) is 14.9. The van der Waals surface area contributed by atoms with E-state index in [9.17, 15) is 0 Å². The molecule has 7 nitrogen and oxygen atoms in total. The van der Waals surface area contributed by atoms with Crippen molar-refractivity contribution in [1.82, 2.24) is 34.6 Å². The first-order valence-electron chi connectivity index (χ1n) is 11.7. The normalized spacial score (nSPS) is 16.5. The van der Waals surface area contributed by atoms with Crippen LogP contribution in [0.5, 0.6) is 0 Å². The van der Waals surface area contributed by atoms with Gasteiger partial charge in [0.15, 0.2) is 0 Å². The van der Waals surface area contributed by atoms with Crippen molar-refractivity contribution in [2.24, 2.45) is 5.92 Å². The second kappa shape index (κ2) is 9.61. The van der Waals surface area contributed by atoms with E-state index in [1.165, 1.54) is 55.2 Å². The van der Waals surface area contributed by atoms with E-state index in [1.54, 1.807) is 12.7 Å². The second-order valence-electron chi connectivity index (χ2n) is 9.06. The van der Waals surface area contributed by atoms with Crippen LogP contribution in [0.2, 0.25) is 0 Å². The van der Waals surface area contributed by atoms with Gasteiger partial charge in [0, 0.05) is 47.6 Å². The topological polar surface area (TPSA) is 75.5 Å². The van der Waals surface area contributed by atoms with Crippen LogP contribution in [0.4, 0.5) is 0 Å². The van der Waals surface area contributed by atoms with Crippen LogP contribution in [0.25, 0.3) is 16.6 Å². The molecule has 0 saturated carbocycles. The van der Waals surface area contributed by atoms with Crippen LogP contribution in [0.1, 0.15) is 49.9 Å². The van der Waals surface area contributed by atoms with Crippen molar-refractivity contribution in [2.45, 2.75) is 44.9 Å². The molecule has 0 spiro atoms. The fraction of sp³-hybridized carbons (Fsp3) is 0.440. The Kier molecular flexibility index (Phi) is 6.25. The van der Waals surface area contributed by atoms with Gasteiger partial charge in [0.05, 0.1) is 0 Å². The SMILES string of the molecule is CC(CN1CCC(CCCc2c[nH]c3ccc(-n4cnnc4)cc23)CC1)c1ncccn1. The van der Waals surface area contributed by atoms with E-state index in [4.69, 9.17) is 0 Å². The average Bonchev–Trinajstić information content (AvgIpc) is 3.51. The first kappa shape index (κ1) is 20.8. The maximum absolute atomic E-state index is 4.42. The molecule has 4 aromatic rings. The Labute approximate surface area is 188 Å². The van der Waals surface area contributed by atoms with Gasteiger partial charge in [-0.25, -0.2) is 9.97 Å². The number of aryl methyl sites for hydroxylation is 1. The molecule has 7 heteroatoms. The highest BCUT2D eigenvalue weighted by Gasteiger charge is 2.21. The van der Waals surface area contributed by atoms with Crippen LogP contribution in [0, 0.1) is 5.92 Å². The highest BCUT2D eigenvalue weighted by atomic mass is 15.2. The minimum absolute atomic E-state index is 0.387. The molecule has 4 heterocycles. The molecule has 1 atom stereocenters. The minimum Gasteiger partial charge on any atom is -0.361 e. The van der Waals surface area contributed by atoms with Gasteiger partial charge in [-0.3, -0.25) is 4.57 Å². The predicted octanol–water partition coefficient (Wildman–Crippen LogP) is 4.38. The molecule has 3 aromatic heterocycles. The summed E-state index contributed by atoms with van der Waals surface area (Å²) in [7, 11) is 0. The van der Waals surface area contributed by atoms with Gasteiger partial charge in [-0.1, -0.05) is 13.3 Å². The van der Waals surface area contributed by atoms with Crippen molar-refractivity contribution >= 4 is 10.9 Å². The molecular formula is C25H31N7. The number of hydrogen-bond acceptors (Lipinski definition) is 5. The summed E-state index contributed by atoms with van der Waals surface area (Å²) < 4.78 is 1.95. The smallest absolute Gasteiger partial charge is 0.132 e. The predicted molar refractivity (Wildman–Crippen MR) is 126 cm³/mol. The fourth-order valence-corrected chi connectivity index (χ4v) is 4.94. The standard InChI is InChI=1S/C25H31N7/c1-19(25-26-10-3-11-27-25)16-31-12-8-20(9-13-31)4-2-5-21-15-28-24-7-6-22(14-23(21)24)32-17-29-30-18-32/h3,6-7,10-11,14-15,17-20,28H,2,4-5,8-9,12-13,16H2,1H3. The van der Waals surface area contributed by atoms with E-state index in [1.807, 2.05) is 23.0 Å². The number of fused-ring (bicyclic) bond motifs is 1. The highest BCUT2D eigenvalue weighted by Crippen LogP contribution is 2.27. The van der Waals surface area contributed by atoms with Gasteiger partial charge >= 0.3 is 0 Å². The van der Waals surface area contributed by atoms with Crippen LogP contribution < -0.4 is 0 Å². The van der Waals surface area contributed by atoms with E-state index >= 15 is 0 Å². The zero-order chi connectivity index (χ0) is 21.8. The lowest BCUT2D eigenvalue weighted by Crippen LogP contribution is -2.36. The zero-order valence-electron chi connectivity index (χ0n) is 18.7. The number of nitrogens with zero attached hydrogens (tertiary/aromatic N) is 6. The van der Waals surface area contributed by atoms with Gasteiger partial charge in [0.25, 0.3) is 0 Å². The molecule has 166 valence electrons. The first-order chi connectivity index (χ1) is 15.8. The number of aromatic nitrogens is 6. The number of aromatic amines is 1. The van der Waals surface area contributed by atoms with Crippen molar-refractivity contribution in [2.75, 3.05) is 19.6 Å². The molecule has 0 aliphatic carbocycles. The van der Waals surface area contributed by atoms with Crippen molar-refractivity contribution in [1.29, 1.82) is 0 Å². The minimum atomic E-state index is 0.387. The van der Waals surface area contributed by atoms with Crippen molar-refractivity contribution in [3.05, 3.63) is 66.9 Å². The van der Waals surface area contributed by atoms with Gasteiger partial charge in [-0.15, -0.1) is 10.2 Å². The molecule has 0 radical (unpaired) electrons. The van der Waals surface area contributed by atoms with E-state index in [-0.39, 0.29) is 0 Å². The molecule has 1 unspecified atom stereocenters. The lowest BCUT2D eigenvalue weighted by Gasteiger charge is -2.33. The van der Waals surface area contributed by atoms with Crippen LogP contribution in [0.15, 0.2) is 55.5 Å². The Hall–Kier alpha value is -3.06. The Morgan fingerprint density at radius 2 is 1.88 bits per heavy atom. The van der Waals surface area contributed by atoms with Crippen LogP contribution in [-0.4, -0.2) is 54.3 Å². The van der Waals surface area contributed by atoms with Gasteiger partial charge in [0.1, 0.15) is 18.5 Å². The van der Waals surface area contributed by atoms with Crippen LogP contribution >= 0.6 is 0 Å². The van der Waals surface area contributed by atoms with E-state index in [0.29, 0.717) is 5.92 Å². The molecule has 1 fully saturated rings. The molecule has 0 bridgehead atoms. The van der Waals surface area contributed by atoms with Gasteiger partial charge < -0.3 is 9.88 Å². The zero-order valence-corrected chi connectivity index (χ0v) is 18.7. The van der Waals surface area contributed by atoms with Crippen LogP contribution in [-0.2, 0) is 6.42 Å². The third-order valence-electron chi connectivity index (χ3n) is 6.79. The highest BCUT2D eigenvalue weighted by molar-refractivity contribution is 5.85. The molecule has 1 saturated heterocycles. The van der Waals surface area contributed by atoms with E-state index < -0.39 is 0 Å². The summed E-state index contributed by atoms with van der Waals surface area (Å²) in [5, 5.41) is 9.15. The number of hydrogen-bond donors (Lipinski definition) is 1. The Morgan fingerprint density at radius 3 is 2.66 bits per heavy atom. The maximum Gasteiger partial charge on any atom is 0.132 e. The Morgan fingerprint density at radius 1 is 1.09 bits per heavy atom. The largest absolute Gasteiger partial charge is 0.361 e.